The maximum atomic E-state index is 5.35. The molecule has 0 aliphatic carbocycles. The van der Waals surface area contributed by atoms with Gasteiger partial charge in [0.25, 0.3) is 0 Å². The Bertz CT molecular complexity index is 611. The summed E-state index contributed by atoms with van der Waals surface area (Å²) < 4.78 is 1.89. The van der Waals surface area contributed by atoms with Crippen molar-refractivity contribution in [3.8, 4) is 0 Å². The molecule has 0 spiro atoms. The van der Waals surface area contributed by atoms with Crippen LogP contribution in [0.4, 0.5) is 11.4 Å². The predicted octanol–water partition coefficient (Wildman–Crippen LogP) is 3.64. The summed E-state index contributed by atoms with van der Waals surface area (Å²) in [6.45, 7) is 9.02. The van der Waals surface area contributed by atoms with E-state index < -0.39 is 0 Å². The van der Waals surface area contributed by atoms with Gasteiger partial charge in [0.2, 0.25) is 0 Å². The van der Waals surface area contributed by atoms with Crippen LogP contribution in [-0.2, 0) is 6.54 Å². The maximum absolute atomic E-state index is 5.35. The van der Waals surface area contributed by atoms with Crippen molar-refractivity contribution in [1.82, 2.24) is 9.78 Å². The number of aryl methyl sites for hydroxylation is 4. The SMILES string of the molecule is CCn1cc(NC(=S)Nc2cc(C)cc(C)c2)c(C)n1. The first kappa shape index (κ1) is 14.5. The van der Waals surface area contributed by atoms with Crippen LogP contribution in [0.1, 0.15) is 23.7 Å². The molecule has 0 amide bonds. The summed E-state index contributed by atoms with van der Waals surface area (Å²) in [5, 5.41) is 11.4. The molecule has 1 heterocycles. The van der Waals surface area contributed by atoms with Gasteiger partial charge in [-0.15, -0.1) is 0 Å². The van der Waals surface area contributed by atoms with E-state index in [0.29, 0.717) is 5.11 Å². The van der Waals surface area contributed by atoms with Gasteiger partial charge in [0.05, 0.1) is 11.4 Å². The van der Waals surface area contributed by atoms with Gasteiger partial charge in [-0.3, -0.25) is 4.68 Å². The highest BCUT2D eigenvalue weighted by molar-refractivity contribution is 7.80. The zero-order valence-corrected chi connectivity index (χ0v) is 13.1. The Morgan fingerprint density at radius 1 is 1.15 bits per heavy atom. The Hall–Kier alpha value is -1.88. The lowest BCUT2D eigenvalue weighted by Gasteiger charge is -2.11. The first-order valence-corrected chi connectivity index (χ1v) is 7.09. The van der Waals surface area contributed by atoms with Crippen molar-refractivity contribution < 1.29 is 0 Å². The van der Waals surface area contributed by atoms with Crippen molar-refractivity contribution in [3.63, 3.8) is 0 Å². The van der Waals surface area contributed by atoms with E-state index in [-0.39, 0.29) is 0 Å². The number of rotatable bonds is 3. The molecule has 0 saturated carbocycles. The summed E-state index contributed by atoms with van der Waals surface area (Å²) in [4.78, 5) is 0. The second kappa shape index (κ2) is 6.05. The summed E-state index contributed by atoms with van der Waals surface area (Å²) >= 11 is 5.35. The van der Waals surface area contributed by atoms with Gasteiger partial charge in [-0.1, -0.05) is 6.07 Å². The monoisotopic (exact) mass is 288 g/mol. The first-order valence-electron chi connectivity index (χ1n) is 6.68. The number of benzene rings is 1. The van der Waals surface area contributed by atoms with E-state index in [2.05, 4.69) is 54.7 Å². The number of hydrogen-bond acceptors (Lipinski definition) is 2. The largest absolute Gasteiger partial charge is 0.332 e. The lowest BCUT2D eigenvalue weighted by Crippen LogP contribution is -2.19. The molecule has 0 fully saturated rings. The molecule has 0 aliphatic rings. The fourth-order valence-corrected chi connectivity index (χ4v) is 2.36. The van der Waals surface area contributed by atoms with Crippen molar-refractivity contribution in [3.05, 3.63) is 41.2 Å². The maximum Gasteiger partial charge on any atom is 0.175 e. The Balaban J connectivity index is 2.06. The fraction of sp³-hybridized carbons (Fsp3) is 0.333. The van der Waals surface area contributed by atoms with Crippen molar-refractivity contribution in [2.75, 3.05) is 10.6 Å². The Kier molecular flexibility index (Phi) is 4.39. The third-order valence-electron chi connectivity index (χ3n) is 3.00. The van der Waals surface area contributed by atoms with Crippen LogP contribution in [-0.4, -0.2) is 14.9 Å². The van der Waals surface area contributed by atoms with E-state index >= 15 is 0 Å². The zero-order valence-electron chi connectivity index (χ0n) is 12.3. The average molecular weight is 288 g/mol. The lowest BCUT2D eigenvalue weighted by atomic mass is 10.1. The van der Waals surface area contributed by atoms with Gasteiger partial charge < -0.3 is 10.6 Å². The molecule has 0 radical (unpaired) electrons. The lowest BCUT2D eigenvalue weighted by molar-refractivity contribution is 0.653. The van der Waals surface area contributed by atoms with Gasteiger partial charge in [0.15, 0.2) is 5.11 Å². The molecule has 2 rings (SSSR count). The zero-order chi connectivity index (χ0) is 14.7. The first-order chi connectivity index (χ1) is 9.47. The van der Waals surface area contributed by atoms with Crippen molar-refractivity contribution in [2.24, 2.45) is 0 Å². The Morgan fingerprint density at radius 2 is 1.80 bits per heavy atom. The molecule has 0 unspecified atom stereocenters. The smallest absolute Gasteiger partial charge is 0.175 e. The highest BCUT2D eigenvalue weighted by atomic mass is 32.1. The van der Waals surface area contributed by atoms with Gasteiger partial charge in [-0.05, 0) is 63.2 Å². The minimum atomic E-state index is 0.578. The number of nitrogens with one attached hydrogen (secondary N) is 2. The van der Waals surface area contributed by atoms with Crippen LogP contribution in [0.15, 0.2) is 24.4 Å². The molecule has 4 nitrogen and oxygen atoms in total. The second-order valence-corrected chi connectivity index (χ2v) is 5.35. The molecule has 2 N–H and O–H groups in total. The molecule has 2 aromatic rings. The second-order valence-electron chi connectivity index (χ2n) is 4.94. The molecule has 1 aromatic heterocycles. The summed E-state index contributed by atoms with van der Waals surface area (Å²) in [7, 11) is 0. The number of anilines is 2. The standard InChI is InChI=1S/C15H20N4S/c1-5-19-9-14(12(4)18-19)17-15(20)16-13-7-10(2)6-11(3)8-13/h6-9H,5H2,1-4H3,(H2,16,17,20). The Morgan fingerprint density at radius 3 is 2.35 bits per heavy atom. The molecule has 5 heteroatoms. The number of hydrogen-bond donors (Lipinski definition) is 2. The summed E-state index contributed by atoms with van der Waals surface area (Å²) in [6.07, 6.45) is 1.96. The normalized spacial score (nSPS) is 10.4. The molecule has 0 bridgehead atoms. The van der Waals surface area contributed by atoms with Gasteiger partial charge in [0, 0.05) is 18.4 Å². The summed E-state index contributed by atoms with van der Waals surface area (Å²) in [5.74, 6) is 0. The topological polar surface area (TPSA) is 41.9 Å². The quantitative estimate of drug-likeness (QED) is 0.846. The number of aromatic nitrogens is 2. The average Bonchev–Trinajstić information content (AvgIpc) is 2.68. The van der Waals surface area contributed by atoms with Crippen LogP contribution in [0.5, 0.6) is 0 Å². The molecular weight excluding hydrogens is 268 g/mol. The summed E-state index contributed by atoms with van der Waals surface area (Å²) in [5.41, 5.74) is 5.31. The molecule has 1 aromatic carbocycles. The number of nitrogens with zero attached hydrogens (tertiary/aromatic N) is 2. The van der Waals surface area contributed by atoms with Gasteiger partial charge in [-0.2, -0.15) is 5.10 Å². The van der Waals surface area contributed by atoms with Crippen LogP contribution in [0.2, 0.25) is 0 Å². The van der Waals surface area contributed by atoms with Crippen molar-refractivity contribution in [1.29, 1.82) is 0 Å². The van der Waals surface area contributed by atoms with E-state index in [4.69, 9.17) is 12.2 Å². The molecule has 0 saturated heterocycles. The van der Waals surface area contributed by atoms with E-state index in [1.54, 1.807) is 0 Å². The minimum absolute atomic E-state index is 0.578. The Labute approximate surface area is 125 Å². The molecule has 20 heavy (non-hydrogen) atoms. The van der Waals surface area contributed by atoms with E-state index in [9.17, 15) is 0 Å². The molecule has 106 valence electrons. The minimum Gasteiger partial charge on any atom is -0.332 e. The van der Waals surface area contributed by atoms with E-state index in [1.807, 2.05) is 17.8 Å². The predicted molar refractivity (Wildman–Crippen MR) is 88.4 cm³/mol. The van der Waals surface area contributed by atoms with Crippen LogP contribution in [0, 0.1) is 20.8 Å². The number of thiocarbonyl (C=S) groups is 1. The van der Waals surface area contributed by atoms with Gasteiger partial charge in [0.1, 0.15) is 0 Å². The van der Waals surface area contributed by atoms with Crippen molar-refractivity contribution in [2.45, 2.75) is 34.2 Å². The highest BCUT2D eigenvalue weighted by Crippen LogP contribution is 2.16. The highest BCUT2D eigenvalue weighted by Gasteiger charge is 2.06. The van der Waals surface area contributed by atoms with Crippen LogP contribution in [0.3, 0.4) is 0 Å². The van der Waals surface area contributed by atoms with E-state index in [0.717, 1.165) is 23.6 Å². The third kappa shape index (κ3) is 3.57. The van der Waals surface area contributed by atoms with Crippen LogP contribution < -0.4 is 10.6 Å². The summed E-state index contributed by atoms with van der Waals surface area (Å²) in [6, 6.07) is 6.28. The molecule has 0 aliphatic heterocycles. The van der Waals surface area contributed by atoms with Crippen LogP contribution >= 0.6 is 12.2 Å². The fourth-order valence-electron chi connectivity index (χ4n) is 2.13. The van der Waals surface area contributed by atoms with Crippen LogP contribution in [0.25, 0.3) is 0 Å². The van der Waals surface area contributed by atoms with E-state index in [1.165, 1.54) is 11.1 Å². The van der Waals surface area contributed by atoms with Gasteiger partial charge in [-0.25, -0.2) is 0 Å². The third-order valence-corrected chi connectivity index (χ3v) is 3.20. The van der Waals surface area contributed by atoms with Crippen molar-refractivity contribution >= 4 is 28.7 Å². The molecule has 0 atom stereocenters. The van der Waals surface area contributed by atoms with Gasteiger partial charge >= 0.3 is 0 Å². The molecular formula is C15H20N4S.